The molecule has 0 radical (unpaired) electrons. The summed E-state index contributed by atoms with van der Waals surface area (Å²) in [6.07, 6.45) is 3.92. The van der Waals surface area contributed by atoms with Gasteiger partial charge < -0.3 is 18.9 Å². The molecule has 0 saturated carbocycles. The minimum absolute atomic E-state index is 0.264. The van der Waals surface area contributed by atoms with Crippen molar-refractivity contribution in [2.45, 2.75) is 0 Å². The van der Waals surface area contributed by atoms with Crippen LogP contribution < -0.4 is 4.74 Å². The maximum atomic E-state index is 5.28. The van der Waals surface area contributed by atoms with Crippen molar-refractivity contribution in [2.24, 2.45) is 0 Å². The molecule has 17 heavy (non-hydrogen) atoms. The monoisotopic (exact) mass is 238 g/mol. The highest BCUT2D eigenvalue weighted by atomic mass is 16.7. The second-order valence-electron chi connectivity index (χ2n) is 3.30. The molecule has 1 aromatic rings. The highest BCUT2D eigenvalue weighted by molar-refractivity contribution is 5.50. The van der Waals surface area contributed by atoms with E-state index in [2.05, 4.69) is 0 Å². The first-order chi connectivity index (χ1) is 8.36. The molecule has 0 heterocycles. The maximum absolute atomic E-state index is 5.28. The number of rotatable bonds is 8. The van der Waals surface area contributed by atoms with Crippen LogP contribution in [0.15, 0.2) is 30.3 Å². The molecule has 0 saturated heterocycles. The molecule has 94 valence electrons. The van der Waals surface area contributed by atoms with Gasteiger partial charge in [-0.15, -0.1) is 0 Å². The lowest BCUT2D eigenvalue weighted by atomic mass is 10.2. The fourth-order valence-corrected chi connectivity index (χ4v) is 1.19. The second kappa shape index (κ2) is 8.75. The van der Waals surface area contributed by atoms with Crippen LogP contribution in [0, 0.1) is 0 Å². The van der Waals surface area contributed by atoms with Gasteiger partial charge in [0.1, 0.15) is 12.5 Å². The lowest BCUT2D eigenvalue weighted by Crippen LogP contribution is -1.98. The summed E-state index contributed by atoms with van der Waals surface area (Å²) >= 11 is 0. The molecule has 0 spiro atoms. The summed E-state index contributed by atoms with van der Waals surface area (Å²) < 4.78 is 20.0. The molecular weight excluding hydrogens is 220 g/mol. The molecule has 0 unspecified atom stereocenters. The molecule has 0 aliphatic carbocycles. The minimum Gasteiger partial charge on any atom is -0.468 e. The summed E-state index contributed by atoms with van der Waals surface area (Å²) in [7, 11) is 3.19. The van der Waals surface area contributed by atoms with Crippen molar-refractivity contribution in [1.82, 2.24) is 0 Å². The first-order valence-electron chi connectivity index (χ1n) is 5.32. The fraction of sp³-hybridized carbons (Fsp3) is 0.385. The van der Waals surface area contributed by atoms with Gasteiger partial charge in [-0.25, -0.2) is 0 Å². The van der Waals surface area contributed by atoms with Crippen LogP contribution in [0.1, 0.15) is 5.56 Å². The summed E-state index contributed by atoms with van der Waals surface area (Å²) in [5.41, 5.74) is 1.09. The van der Waals surface area contributed by atoms with Gasteiger partial charge >= 0.3 is 0 Å². The average Bonchev–Trinajstić information content (AvgIpc) is 2.37. The van der Waals surface area contributed by atoms with E-state index in [-0.39, 0.29) is 6.79 Å². The highest BCUT2D eigenvalue weighted by Gasteiger charge is 1.92. The van der Waals surface area contributed by atoms with Crippen molar-refractivity contribution in [1.29, 1.82) is 0 Å². The van der Waals surface area contributed by atoms with Gasteiger partial charge in [0.15, 0.2) is 6.79 Å². The third-order valence-electron chi connectivity index (χ3n) is 1.95. The minimum atomic E-state index is 0.264. The Morgan fingerprint density at radius 2 is 1.71 bits per heavy atom. The molecule has 1 aromatic carbocycles. The Bertz CT molecular complexity index is 319. The summed E-state index contributed by atoms with van der Waals surface area (Å²) in [5.74, 6) is 0.791. The van der Waals surface area contributed by atoms with E-state index in [0.29, 0.717) is 13.4 Å². The number of hydrogen-bond acceptors (Lipinski definition) is 4. The van der Waals surface area contributed by atoms with Crippen LogP contribution in [-0.2, 0) is 14.2 Å². The van der Waals surface area contributed by atoms with Crippen LogP contribution in [-0.4, -0.2) is 34.4 Å². The molecule has 0 N–H and O–H groups in total. The van der Waals surface area contributed by atoms with E-state index in [9.17, 15) is 0 Å². The van der Waals surface area contributed by atoms with Crippen molar-refractivity contribution in [3.63, 3.8) is 0 Å². The van der Waals surface area contributed by atoms with Crippen LogP contribution in [0.3, 0.4) is 0 Å². The van der Waals surface area contributed by atoms with Crippen LogP contribution >= 0.6 is 0 Å². The molecule has 0 aromatic heterocycles. The molecule has 0 aliphatic rings. The van der Waals surface area contributed by atoms with Gasteiger partial charge in [-0.05, 0) is 17.7 Å². The predicted molar refractivity (Wildman–Crippen MR) is 65.8 cm³/mol. The SMILES string of the molecule is COCOC/C=C/c1ccc(OCOC)cc1. The van der Waals surface area contributed by atoms with E-state index in [0.717, 1.165) is 11.3 Å². The Balaban J connectivity index is 2.34. The van der Waals surface area contributed by atoms with Gasteiger partial charge in [0.25, 0.3) is 0 Å². The topological polar surface area (TPSA) is 36.9 Å². The summed E-state index contributed by atoms with van der Waals surface area (Å²) in [4.78, 5) is 0. The molecule has 0 bridgehead atoms. The molecular formula is C13H18O4. The lowest BCUT2D eigenvalue weighted by molar-refractivity contribution is -0.0184. The van der Waals surface area contributed by atoms with E-state index >= 15 is 0 Å². The molecule has 0 fully saturated rings. The molecule has 1 rings (SSSR count). The summed E-state index contributed by atoms with van der Waals surface area (Å²) in [6.45, 7) is 1.12. The number of methoxy groups -OCH3 is 2. The van der Waals surface area contributed by atoms with Crippen molar-refractivity contribution < 1.29 is 18.9 Å². The second-order valence-corrected chi connectivity index (χ2v) is 3.30. The number of hydrogen-bond donors (Lipinski definition) is 0. The average molecular weight is 238 g/mol. The van der Waals surface area contributed by atoms with E-state index in [1.807, 2.05) is 36.4 Å². The normalized spacial score (nSPS) is 10.9. The van der Waals surface area contributed by atoms with E-state index < -0.39 is 0 Å². The molecule has 0 amide bonds. The Hall–Kier alpha value is -1.36. The van der Waals surface area contributed by atoms with Crippen LogP contribution in [0.4, 0.5) is 0 Å². The van der Waals surface area contributed by atoms with Crippen molar-refractivity contribution in [3.05, 3.63) is 35.9 Å². The van der Waals surface area contributed by atoms with Crippen molar-refractivity contribution in [3.8, 4) is 5.75 Å². The third kappa shape index (κ3) is 6.06. The van der Waals surface area contributed by atoms with Gasteiger partial charge in [0, 0.05) is 14.2 Å². The maximum Gasteiger partial charge on any atom is 0.188 e. The lowest BCUT2D eigenvalue weighted by Gasteiger charge is -2.04. The zero-order valence-electron chi connectivity index (χ0n) is 10.2. The predicted octanol–water partition coefficient (Wildman–Crippen LogP) is 2.30. The van der Waals surface area contributed by atoms with Crippen LogP contribution in [0.25, 0.3) is 6.08 Å². The van der Waals surface area contributed by atoms with Gasteiger partial charge in [-0.1, -0.05) is 24.3 Å². The van der Waals surface area contributed by atoms with Gasteiger partial charge in [-0.2, -0.15) is 0 Å². The molecule has 4 heteroatoms. The number of ether oxygens (including phenoxy) is 4. The number of benzene rings is 1. The highest BCUT2D eigenvalue weighted by Crippen LogP contribution is 2.12. The van der Waals surface area contributed by atoms with E-state index in [1.165, 1.54) is 0 Å². The quantitative estimate of drug-likeness (QED) is 0.514. The van der Waals surface area contributed by atoms with E-state index in [1.54, 1.807) is 14.2 Å². The Labute approximate surface area is 102 Å². The van der Waals surface area contributed by atoms with Crippen LogP contribution in [0.5, 0.6) is 5.75 Å². The fourth-order valence-electron chi connectivity index (χ4n) is 1.19. The Morgan fingerprint density at radius 3 is 2.35 bits per heavy atom. The summed E-state index contributed by atoms with van der Waals surface area (Å²) in [6, 6.07) is 7.74. The molecule has 4 nitrogen and oxygen atoms in total. The van der Waals surface area contributed by atoms with Gasteiger partial charge in [0.05, 0.1) is 6.61 Å². The Morgan fingerprint density at radius 1 is 1.00 bits per heavy atom. The largest absolute Gasteiger partial charge is 0.468 e. The van der Waals surface area contributed by atoms with Gasteiger partial charge in [0.2, 0.25) is 0 Å². The molecule has 0 atom stereocenters. The van der Waals surface area contributed by atoms with E-state index in [4.69, 9.17) is 18.9 Å². The van der Waals surface area contributed by atoms with Crippen molar-refractivity contribution >= 4 is 6.08 Å². The first kappa shape index (κ1) is 13.7. The zero-order chi connectivity index (χ0) is 12.3. The first-order valence-corrected chi connectivity index (χ1v) is 5.32. The zero-order valence-corrected chi connectivity index (χ0v) is 10.2. The summed E-state index contributed by atoms with van der Waals surface area (Å²) in [5, 5.41) is 0. The molecule has 0 aliphatic heterocycles. The van der Waals surface area contributed by atoms with Crippen molar-refractivity contribution in [2.75, 3.05) is 34.4 Å². The third-order valence-corrected chi connectivity index (χ3v) is 1.95. The van der Waals surface area contributed by atoms with Crippen LogP contribution in [0.2, 0.25) is 0 Å². The smallest absolute Gasteiger partial charge is 0.188 e. The standard InChI is InChI=1S/C13H18O4/c1-14-10-16-9-3-4-12-5-7-13(8-6-12)17-11-15-2/h3-8H,9-11H2,1-2H3/b4-3+. The van der Waals surface area contributed by atoms with Gasteiger partial charge in [-0.3, -0.25) is 0 Å². The Kier molecular flexibility index (Phi) is 7.06.